The maximum Gasteiger partial charge on any atom is 0.295 e. The molecule has 0 saturated carbocycles. The first-order chi connectivity index (χ1) is 12.2. The first kappa shape index (κ1) is 15.3. The summed E-state index contributed by atoms with van der Waals surface area (Å²) in [5.74, 6) is 2.44. The minimum atomic E-state index is -0.412. The van der Waals surface area contributed by atoms with Gasteiger partial charge in [0.15, 0.2) is 11.5 Å². The Kier molecular flexibility index (Phi) is 3.85. The Bertz CT molecular complexity index is 922. The van der Waals surface area contributed by atoms with Gasteiger partial charge in [-0.1, -0.05) is 30.3 Å². The highest BCUT2D eigenvalue weighted by atomic mass is 16.6. The molecule has 3 aromatic rings. The highest BCUT2D eigenvalue weighted by molar-refractivity contribution is 5.71. The van der Waals surface area contributed by atoms with E-state index < -0.39 is 4.92 Å². The predicted molar refractivity (Wildman–Crippen MR) is 92.0 cm³/mol. The Morgan fingerprint density at radius 3 is 2.80 bits per heavy atom. The van der Waals surface area contributed by atoms with Crippen LogP contribution in [0.25, 0.3) is 11.3 Å². The number of anilines is 1. The van der Waals surface area contributed by atoms with E-state index in [9.17, 15) is 10.1 Å². The minimum Gasteiger partial charge on any atom is -0.363 e. The van der Waals surface area contributed by atoms with Gasteiger partial charge in [-0.2, -0.15) is 0 Å². The van der Waals surface area contributed by atoms with E-state index in [1.807, 2.05) is 30.3 Å². The maximum atomic E-state index is 11.3. The third kappa shape index (κ3) is 2.93. The summed E-state index contributed by atoms with van der Waals surface area (Å²) in [6, 6.07) is 12.2. The third-order valence-corrected chi connectivity index (χ3v) is 4.23. The van der Waals surface area contributed by atoms with Gasteiger partial charge in [-0.15, -0.1) is 10.2 Å². The zero-order valence-corrected chi connectivity index (χ0v) is 13.4. The van der Waals surface area contributed by atoms with Crippen LogP contribution in [0.1, 0.15) is 18.1 Å². The van der Waals surface area contributed by atoms with Gasteiger partial charge in [0.1, 0.15) is 11.6 Å². The monoisotopic (exact) mass is 336 g/mol. The van der Waals surface area contributed by atoms with Gasteiger partial charge in [-0.3, -0.25) is 10.1 Å². The lowest BCUT2D eigenvalue weighted by Gasteiger charge is -2.08. The van der Waals surface area contributed by atoms with Crippen LogP contribution in [0.15, 0.2) is 42.5 Å². The van der Waals surface area contributed by atoms with Crippen molar-refractivity contribution in [3.63, 3.8) is 0 Å². The van der Waals surface area contributed by atoms with Crippen molar-refractivity contribution in [3.05, 3.63) is 64.2 Å². The Morgan fingerprint density at radius 2 is 2.00 bits per heavy atom. The zero-order valence-electron chi connectivity index (χ0n) is 13.4. The van der Waals surface area contributed by atoms with Crippen LogP contribution < -0.4 is 5.32 Å². The number of hydrogen-bond acceptors (Lipinski definition) is 6. The van der Waals surface area contributed by atoms with Crippen LogP contribution in [-0.4, -0.2) is 24.7 Å². The summed E-state index contributed by atoms with van der Waals surface area (Å²) in [5.41, 5.74) is 1.04. The second-order valence-electron chi connectivity index (χ2n) is 5.83. The van der Waals surface area contributed by atoms with E-state index in [0.717, 1.165) is 31.0 Å². The second-order valence-corrected chi connectivity index (χ2v) is 5.83. The zero-order chi connectivity index (χ0) is 17.2. The Labute approximate surface area is 143 Å². The highest BCUT2D eigenvalue weighted by Gasteiger charge is 2.19. The quantitative estimate of drug-likeness (QED) is 0.568. The Hall–Kier alpha value is -3.29. The van der Waals surface area contributed by atoms with Crippen molar-refractivity contribution >= 4 is 11.5 Å². The smallest absolute Gasteiger partial charge is 0.295 e. The molecule has 4 rings (SSSR count). The fraction of sp³-hybridized carbons (Fsp3) is 0.235. The summed E-state index contributed by atoms with van der Waals surface area (Å²) in [6.07, 6.45) is 2.05. The summed E-state index contributed by atoms with van der Waals surface area (Å²) in [4.78, 5) is 15.3. The summed E-state index contributed by atoms with van der Waals surface area (Å²) < 4.78 is 2.11. The van der Waals surface area contributed by atoms with Crippen LogP contribution in [0.3, 0.4) is 0 Å². The van der Waals surface area contributed by atoms with Gasteiger partial charge in [-0.25, -0.2) is 4.98 Å². The van der Waals surface area contributed by atoms with Gasteiger partial charge in [0.05, 0.1) is 11.5 Å². The summed E-state index contributed by atoms with van der Waals surface area (Å²) in [7, 11) is 0. The molecule has 0 bridgehead atoms. The van der Waals surface area contributed by atoms with Crippen molar-refractivity contribution in [3.8, 4) is 11.3 Å². The SMILES string of the molecule is O=[N+]([O-])c1ccc(NCc2nnc3n2CCC3)nc1-c1ccccc1. The number of aromatic nitrogens is 4. The molecule has 3 heterocycles. The molecule has 126 valence electrons. The van der Waals surface area contributed by atoms with Crippen molar-refractivity contribution < 1.29 is 4.92 Å². The molecule has 0 unspecified atom stereocenters. The molecule has 0 spiro atoms. The van der Waals surface area contributed by atoms with Crippen LogP contribution in [0.2, 0.25) is 0 Å². The van der Waals surface area contributed by atoms with Crippen LogP contribution in [0.5, 0.6) is 0 Å². The lowest BCUT2D eigenvalue weighted by Crippen LogP contribution is -2.09. The molecular weight excluding hydrogens is 320 g/mol. The maximum absolute atomic E-state index is 11.3. The first-order valence-electron chi connectivity index (χ1n) is 8.08. The predicted octanol–water partition coefficient (Wildman–Crippen LogP) is 2.81. The van der Waals surface area contributed by atoms with Crippen molar-refractivity contribution in [1.29, 1.82) is 0 Å². The number of rotatable bonds is 5. The fourth-order valence-electron chi connectivity index (χ4n) is 3.02. The van der Waals surface area contributed by atoms with Gasteiger partial charge in [0, 0.05) is 24.6 Å². The largest absolute Gasteiger partial charge is 0.363 e. The van der Waals surface area contributed by atoms with Crippen LogP contribution in [0.4, 0.5) is 11.5 Å². The van der Waals surface area contributed by atoms with Crippen LogP contribution in [0, 0.1) is 10.1 Å². The molecule has 1 N–H and O–H groups in total. The average molecular weight is 336 g/mol. The number of pyridine rings is 1. The normalized spacial score (nSPS) is 12.8. The van der Waals surface area contributed by atoms with Gasteiger partial charge >= 0.3 is 0 Å². The molecule has 0 amide bonds. The minimum absolute atomic E-state index is 0.0138. The van der Waals surface area contributed by atoms with E-state index >= 15 is 0 Å². The second kappa shape index (κ2) is 6.31. The van der Waals surface area contributed by atoms with Crippen molar-refractivity contribution in [2.45, 2.75) is 25.9 Å². The number of nitrogens with one attached hydrogen (secondary N) is 1. The standard InChI is InChI=1S/C17H16N6O2/c24-23(25)13-8-9-14(19-17(13)12-5-2-1-3-6-12)18-11-16-21-20-15-7-4-10-22(15)16/h1-3,5-6,8-9H,4,7,10-11H2,(H,18,19). The van der Waals surface area contributed by atoms with E-state index in [-0.39, 0.29) is 5.69 Å². The van der Waals surface area contributed by atoms with Gasteiger partial charge in [0.2, 0.25) is 0 Å². The average Bonchev–Trinajstić information content (AvgIpc) is 3.24. The van der Waals surface area contributed by atoms with Crippen molar-refractivity contribution in [2.75, 3.05) is 5.32 Å². The van der Waals surface area contributed by atoms with Crippen molar-refractivity contribution in [1.82, 2.24) is 19.7 Å². The van der Waals surface area contributed by atoms with E-state index in [1.165, 1.54) is 6.07 Å². The van der Waals surface area contributed by atoms with Crippen molar-refractivity contribution in [2.24, 2.45) is 0 Å². The topological polar surface area (TPSA) is 98.8 Å². The first-order valence-corrected chi connectivity index (χ1v) is 8.08. The highest BCUT2D eigenvalue weighted by Crippen LogP contribution is 2.29. The van der Waals surface area contributed by atoms with Gasteiger partial charge < -0.3 is 9.88 Å². The molecule has 1 aliphatic rings. The molecule has 8 heteroatoms. The molecule has 1 aliphatic heterocycles. The number of benzene rings is 1. The fourth-order valence-corrected chi connectivity index (χ4v) is 3.02. The van der Waals surface area contributed by atoms with E-state index in [1.54, 1.807) is 6.07 Å². The molecule has 0 radical (unpaired) electrons. The number of fused-ring (bicyclic) bond motifs is 1. The molecule has 0 aliphatic carbocycles. The summed E-state index contributed by atoms with van der Waals surface area (Å²) in [6.45, 7) is 1.41. The van der Waals surface area contributed by atoms with Crippen LogP contribution in [-0.2, 0) is 19.5 Å². The van der Waals surface area contributed by atoms with Gasteiger partial charge in [0.25, 0.3) is 5.69 Å². The number of aryl methyl sites for hydroxylation is 1. The lowest BCUT2D eigenvalue weighted by atomic mass is 10.1. The Morgan fingerprint density at radius 1 is 1.16 bits per heavy atom. The van der Waals surface area contributed by atoms with Crippen LogP contribution >= 0.6 is 0 Å². The van der Waals surface area contributed by atoms with E-state index in [0.29, 0.717) is 23.6 Å². The van der Waals surface area contributed by atoms with E-state index in [2.05, 4.69) is 25.1 Å². The molecule has 25 heavy (non-hydrogen) atoms. The molecule has 1 aromatic carbocycles. The number of hydrogen-bond donors (Lipinski definition) is 1. The molecular formula is C17H16N6O2. The van der Waals surface area contributed by atoms with E-state index in [4.69, 9.17) is 0 Å². The molecule has 0 saturated heterocycles. The number of nitrogens with zero attached hydrogens (tertiary/aromatic N) is 5. The molecule has 8 nitrogen and oxygen atoms in total. The Balaban J connectivity index is 1.61. The van der Waals surface area contributed by atoms with Gasteiger partial charge in [-0.05, 0) is 12.5 Å². The third-order valence-electron chi connectivity index (χ3n) is 4.23. The lowest BCUT2D eigenvalue weighted by molar-refractivity contribution is -0.384. The summed E-state index contributed by atoms with van der Waals surface area (Å²) in [5, 5.41) is 22.9. The number of nitro groups is 1. The molecule has 0 fully saturated rings. The molecule has 2 aromatic heterocycles. The molecule has 0 atom stereocenters. The summed E-state index contributed by atoms with van der Waals surface area (Å²) >= 11 is 0.